The maximum absolute atomic E-state index is 12.7. The van der Waals surface area contributed by atoms with Gasteiger partial charge in [-0.05, 0) is 23.8 Å². The minimum Gasteiger partial charge on any atom is -0.467 e. The highest BCUT2D eigenvalue weighted by Gasteiger charge is 2.41. The van der Waals surface area contributed by atoms with Crippen molar-refractivity contribution >= 4 is 40.0 Å². The minimum absolute atomic E-state index is 0.0162. The van der Waals surface area contributed by atoms with Gasteiger partial charge in [-0.2, -0.15) is 8.42 Å². The van der Waals surface area contributed by atoms with E-state index < -0.39 is 46.1 Å². The van der Waals surface area contributed by atoms with Gasteiger partial charge >= 0.3 is 17.9 Å². The second kappa shape index (κ2) is 10.4. The lowest BCUT2D eigenvalue weighted by Gasteiger charge is -2.20. The summed E-state index contributed by atoms with van der Waals surface area (Å²) in [6, 6.07) is 3.30. The molecular formula is C20H23NO10S. The first-order valence-corrected chi connectivity index (χ1v) is 11.2. The Labute approximate surface area is 185 Å². The number of hydrogen-bond donors (Lipinski definition) is 0. The molecule has 1 saturated heterocycles. The average molecular weight is 469 g/mol. The smallest absolute Gasteiger partial charge is 0.328 e. The Morgan fingerprint density at radius 3 is 2.25 bits per heavy atom. The first kappa shape index (κ1) is 25.0. The topological polar surface area (TPSA) is 143 Å². The van der Waals surface area contributed by atoms with Crippen molar-refractivity contribution in [3.05, 3.63) is 29.8 Å². The molecule has 2 atom stereocenters. The van der Waals surface area contributed by atoms with Crippen molar-refractivity contribution in [3.8, 4) is 11.5 Å². The van der Waals surface area contributed by atoms with E-state index in [2.05, 4.69) is 0 Å². The molecule has 0 saturated carbocycles. The predicted octanol–water partition coefficient (Wildman–Crippen LogP) is 0.669. The van der Waals surface area contributed by atoms with Gasteiger partial charge < -0.3 is 19.1 Å². The summed E-state index contributed by atoms with van der Waals surface area (Å²) in [5, 5.41) is 0. The van der Waals surface area contributed by atoms with E-state index in [-0.39, 0.29) is 24.5 Å². The first-order valence-electron chi connectivity index (χ1n) is 9.35. The lowest BCUT2D eigenvalue weighted by molar-refractivity contribution is -0.149. The Balaban J connectivity index is 2.23. The Morgan fingerprint density at radius 2 is 1.69 bits per heavy atom. The summed E-state index contributed by atoms with van der Waals surface area (Å²) in [5.74, 6) is -2.51. The minimum atomic E-state index is -3.78. The third-order valence-electron chi connectivity index (χ3n) is 4.22. The second-order valence-corrected chi connectivity index (χ2v) is 8.52. The molecular weight excluding hydrogens is 446 g/mol. The number of esters is 3. The molecule has 11 nitrogen and oxygen atoms in total. The van der Waals surface area contributed by atoms with Crippen LogP contribution < -0.4 is 9.47 Å². The molecule has 0 aliphatic carbocycles. The fourth-order valence-corrected chi connectivity index (χ4v) is 3.72. The molecule has 0 bridgehead atoms. The number of benzene rings is 1. The van der Waals surface area contributed by atoms with E-state index in [0.717, 1.165) is 24.3 Å². The number of likely N-dealkylation sites (tertiary alicyclic amines) is 1. The van der Waals surface area contributed by atoms with Crippen LogP contribution in [-0.2, 0) is 38.2 Å². The van der Waals surface area contributed by atoms with Crippen molar-refractivity contribution in [2.45, 2.75) is 32.4 Å². The standard InChI is InChI=1S/C20H23NO10S/c1-12(22)29-17-7-5-14(9-18(17)30-13(2)23)6-8-19(24)21-11-15(31-32(4,26)27)10-16(21)20(25)28-3/h5-9,15-16H,10-11H2,1-4H3/b8-6+/t15-,16+/m1/s1. The zero-order valence-corrected chi connectivity index (χ0v) is 18.7. The van der Waals surface area contributed by atoms with Gasteiger partial charge in [0, 0.05) is 32.9 Å². The molecule has 1 aliphatic heterocycles. The SMILES string of the molecule is COC(=O)[C@@H]1C[C@@H](OS(C)(=O)=O)CN1C(=O)/C=C/c1ccc(OC(C)=O)c(OC(C)=O)c1. The molecule has 1 aromatic rings. The van der Waals surface area contributed by atoms with Gasteiger partial charge in [0.1, 0.15) is 6.04 Å². The first-order chi connectivity index (χ1) is 14.9. The Hall–Kier alpha value is -3.25. The highest BCUT2D eigenvalue weighted by atomic mass is 32.2. The van der Waals surface area contributed by atoms with Crippen molar-refractivity contribution < 1.29 is 46.0 Å². The van der Waals surface area contributed by atoms with Crippen LogP contribution in [0.3, 0.4) is 0 Å². The number of amides is 1. The maximum Gasteiger partial charge on any atom is 0.328 e. The fraction of sp³-hybridized carbons (Fsp3) is 0.400. The van der Waals surface area contributed by atoms with Gasteiger partial charge in [-0.15, -0.1) is 0 Å². The summed E-state index contributed by atoms with van der Waals surface area (Å²) in [6.45, 7) is 2.25. The van der Waals surface area contributed by atoms with Crippen molar-refractivity contribution in [3.63, 3.8) is 0 Å². The Morgan fingerprint density at radius 1 is 1.06 bits per heavy atom. The predicted molar refractivity (Wildman–Crippen MR) is 110 cm³/mol. The second-order valence-electron chi connectivity index (χ2n) is 6.91. The lowest BCUT2D eigenvalue weighted by Crippen LogP contribution is -2.40. The summed E-state index contributed by atoms with van der Waals surface area (Å²) < 4.78 is 42.4. The number of methoxy groups -OCH3 is 1. The summed E-state index contributed by atoms with van der Waals surface area (Å²) >= 11 is 0. The molecule has 1 aliphatic rings. The molecule has 0 spiro atoms. The van der Waals surface area contributed by atoms with Gasteiger partial charge in [-0.3, -0.25) is 18.6 Å². The highest BCUT2D eigenvalue weighted by molar-refractivity contribution is 7.86. The van der Waals surface area contributed by atoms with E-state index in [1.54, 1.807) is 0 Å². The van der Waals surface area contributed by atoms with Crippen LogP contribution in [0.15, 0.2) is 24.3 Å². The molecule has 174 valence electrons. The third kappa shape index (κ3) is 7.17. The molecule has 32 heavy (non-hydrogen) atoms. The molecule has 12 heteroatoms. The van der Waals surface area contributed by atoms with Crippen LogP contribution in [0.2, 0.25) is 0 Å². The van der Waals surface area contributed by atoms with Crippen molar-refractivity contribution in [2.75, 3.05) is 19.9 Å². The molecule has 1 amide bonds. The number of hydrogen-bond acceptors (Lipinski definition) is 10. The van der Waals surface area contributed by atoms with Gasteiger partial charge in [0.15, 0.2) is 11.5 Å². The molecule has 0 N–H and O–H groups in total. The van der Waals surface area contributed by atoms with E-state index in [1.165, 1.54) is 38.1 Å². The Bertz CT molecular complexity index is 1050. The summed E-state index contributed by atoms with van der Waals surface area (Å²) in [7, 11) is -2.62. The monoisotopic (exact) mass is 469 g/mol. The molecule has 0 aromatic heterocycles. The summed E-state index contributed by atoms with van der Waals surface area (Å²) in [4.78, 5) is 48.4. The van der Waals surface area contributed by atoms with Gasteiger partial charge in [0.25, 0.3) is 10.1 Å². The lowest BCUT2D eigenvalue weighted by atomic mass is 10.1. The summed E-state index contributed by atoms with van der Waals surface area (Å²) in [5.41, 5.74) is 0.434. The van der Waals surface area contributed by atoms with Crippen LogP contribution in [0, 0.1) is 0 Å². The number of nitrogens with zero attached hydrogens (tertiary/aromatic N) is 1. The highest BCUT2D eigenvalue weighted by Crippen LogP contribution is 2.30. The summed E-state index contributed by atoms with van der Waals surface area (Å²) in [6.07, 6.45) is 2.52. The van der Waals surface area contributed by atoms with Crippen molar-refractivity contribution in [1.82, 2.24) is 4.90 Å². The average Bonchev–Trinajstić information content (AvgIpc) is 3.08. The number of rotatable bonds is 7. The molecule has 1 fully saturated rings. The van der Waals surface area contributed by atoms with Crippen molar-refractivity contribution in [1.29, 1.82) is 0 Å². The fourth-order valence-electron chi connectivity index (χ4n) is 3.08. The van der Waals surface area contributed by atoms with Gasteiger partial charge in [-0.1, -0.05) is 6.07 Å². The van der Waals surface area contributed by atoms with Crippen LogP contribution in [0.1, 0.15) is 25.8 Å². The maximum atomic E-state index is 12.7. The van der Waals surface area contributed by atoms with Crippen LogP contribution in [0.25, 0.3) is 6.08 Å². The third-order valence-corrected chi connectivity index (χ3v) is 4.85. The molecule has 1 aromatic carbocycles. The van der Waals surface area contributed by atoms with E-state index >= 15 is 0 Å². The van der Waals surface area contributed by atoms with Gasteiger partial charge in [0.05, 0.1) is 19.5 Å². The van der Waals surface area contributed by atoms with E-state index in [1.807, 2.05) is 0 Å². The normalized spacial score (nSPS) is 18.4. The number of carbonyl (C=O) groups is 4. The number of carbonyl (C=O) groups excluding carboxylic acids is 4. The van der Waals surface area contributed by atoms with Crippen molar-refractivity contribution in [2.24, 2.45) is 0 Å². The molecule has 2 rings (SSSR count). The van der Waals surface area contributed by atoms with Gasteiger partial charge in [-0.25, -0.2) is 4.79 Å². The van der Waals surface area contributed by atoms with E-state index in [0.29, 0.717) is 5.56 Å². The largest absolute Gasteiger partial charge is 0.467 e. The van der Waals surface area contributed by atoms with E-state index in [9.17, 15) is 27.6 Å². The van der Waals surface area contributed by atoms with Crippen LogP contribution in [-0.4, -0.2) is 69.2 Å². The molecule has 1 heterocycles. The zero-order chi connectivity index (χ0) is 24.1. The quantitative estimate of drug-likeness (QED) is 0.242. The molecule has 0 unspecified atom stereocenters. The Kier molecular flexibility index (Phi) is 8.11. The number of ether oxygens (including phenoxy) is 3. The zero-order valence-electron chi connectivity index (χ0n) is 17.9. The van der Waals surface area contributed by atoms with E-state index in [4.69, 9.17) is 18.4 Å². The van der Waals surface area contributed by atoms with Crippen LogP contribution >= 0.6 is 0 Å². The molecule has 0 radical (unpaired) electrons. The van der Waals surface area contributed by atoms with Gasteiger partial charge in [0.2, 0.25) is 5.91 Å². The van der Waals surface area contributed by atoms with Crippen LogP contribution in [0.5, 0.6) is 11.5 Å². The van der Waals surface area contributed by atoms with Crippen LogP contribution in [0.4, 0.5) is 0 Å².